The SMILES string of the molecule is CCc1ccc(OCn2cc(NC(=O)CCn3ncc([N+](=O)[O-])c3C)cn2)cc1. The van der Waals surface area contributed by atoms with Gasteiger partial charge in [-0.05, 0) is 31.0 Å². The highest BCUT2D eigenvalue weighted by Crippen LogP contribution is 2.17. The topological polar surface area (TPSA) is 117 Å². The van der Waals surface area contributed by atoms with Crippen molar-refractivity contribution >= 4 is 17.3 Å². The molecule has 29 heavy (non-hydrogen) atoms. The molecule has 0 saturated heterocycles. The molecule has 0 aliphatic carbocycles. The summed E-state index contributed by atoms with van der Waals surface area (Å²) >= 11 is 0. The molecule has 0 fully saturated rings. The molecule has 0 aliphatic rings. The fourth-order valence-corrected chi connectivity index (χ4v) is 2.73. The van der Waals surface area contributed by atoms with Crippen LogP contribution < -0.4 is 10.1 Å². The summed E-state index contributed by atoms with van der Waals surface area (Å²) in [6.07, 6.45) is 5.49. The van der Waals surface area contributed by atoms with Gasteiger partial charge in [-0.1, -0.05) is 19.1 Å². The Morgan fingerprint density at radius 1 is 1.24 bits per heavy atom. The third kappa shape index (κ3) is 5.18. The molecule has 0 spiro atoms. The van der Waals surface area contributed by atoms with E-state index in [1.165, 1.54) is 22.6 Å². The number of nitro groups is 1. The van der Waals surface area contributed by atoms with Gasteiger partial charge in [0.25, 0.3) is 0 Å². The molecule has 10 heteroatoms. The van der Waals surface area contributed by atoms with E-state index in [4.69, 9.17) is 4.74 Å². The minimum Gasteiger partial charge on any atom is -0.471 e. The van der Waals surface area contributed by atoms with Gasteiger partial charge in [0, 0.05) is 6.42 Å². The molecule has 3 rings (SSSR count). The molecule has 0 unspecified atom stereocenters. The molecular formula is C19H22N6O4. The predicted molar refractivity (Wildman–Crippen MR) is 106 cm³/mol. The highest BCUT2D eigenvalue weighted by Gasteiger charge is 2.16. The van der Waals surface area contributed by atoms with Gasteiger partial charge < -0.3 is 10.1 Å². The quantitative estimate of drug-likeness (QED) is 0.437. The van der Waals surface area contributed by atoms with Crippen LogP contribution in [0.5, 0.6) is 5.75 Å². The number of benzene rings is 1. The number of rotatable bonds is 9. The lowest BCUT2D eigenvalue weighted by molar-refractivity contribution is -0.385. The Kier molecular flexibility index (Phi) is 6.22. The average molecular weight is 398 g/mol. The van der Waals surface area contributed by atoms with Crippen molar-refractivity contribution in [3.05, 3.63) is 64.2 Å². The molecule has 2 heterocycles. The van der Waals surface area contributed by atoms with Gasteiger partial charge >= 0.3 is 5.69 Å². The molecule has 2 aromatic heterocycles. The summed E-state index contributed by atoms with van der Waals surface area (Å²) in [6, 6.07) is 7.85. The smallest absolute Gasteiger partial charge is 0.309 e. The van der Waals surface area contributed by atoms with E-state index in [0.717, 1.165) is 12.2 Å². The van der Waals surface area contributed by atoms with Crippen LogP contribution in [0, 0.1) is 17.0 Å². The maximum atomic E-state index is 12.1. The molecule has 1 aromatic carbocycles. The maximum Gasteiger partial charge on any atom is 0.309 e. The number of carbonyl (C=O) groups is 1. The summed E-state index contributed by atoms with van der Waals surface area (Å²) in [5, 5.41) is 21.7. The number of carbonyl (C=O) groups excluding carboxylic acids is 1. The molecule has 0 saturated carbocycles. The average Bonchev–Trinajstić information content (AvgIpc) is 3.31. The largest absolute Gasteiger partial charge is 0.471 e. The number of anilines is 1. The second kappa shape index (κ2) is 9.00. The zero-order valence-electron chi connectivity index (χ0n) is 16.2. The second-order valence-corrected chi connectivity index (χ2v) is 6.43. The van der Waals surface area contributed by atoms with Gasteiger partial charge in [-0.15, -0.1) is 0 Å². The van der Waals surface area contributed by atoms with Crippen LogP contribution in [-0.2, 0) is 24.5 Å². The predicted octanol–water partition coefficient (Wildman–Crippen LogP) is 2.92. The number of nitrogens with zero attached hydrogens (tertiary/aromatic N) is 5. The van der Waals surface area contributed by atoms with E-state index in [1.807, 2.05) is 24.3 Å². The maximum absolute atomic E-state index is 12.1. The summed E-state index contributed by atoms with van der Waals surface area (Å²) in [6.45, 7) is 4.16. The van der Waals surface area contributed by atoms with Gasteiger partial charge in [0.15, 0.2) is 6.73 Å². The highest BCUT2D eigenvalue weighted by atomic mass is 16.6. The van der Waals surface area contributed by atoms with Crippen molar-refractivity contribution in [2.45, 2.75) is 40.0 Å². The summed E-state index contributed by atoms with van der Waals surface area (Å²) in [7, 11) is 0. The Labute approximate surface area is 167 Å². The fourth-order valence-electron chi connectivity index (χ4n) is 2.73. The molecule has 0 atom stereocenters. The van der Waals surface area contributed by atoms with E-state index in [1.54, 1.807) is 17.8 Å². The number of hydrogen-bond acceptors (Lipinski definition) is 6. The summed E-state index contributed by atoms with van der Waals surface area (Å²) in [5.41, 5.74) is 2.14. The molecule has 0 bridgehead atoms. The van der Waals surface area contributed by atoms with Crippen LogP contribution >= 0.6 is 0 Å². The van der Waals surface area contributed by atoms with Crippen molar-refractivity contribution in [2.75, 3.05) is 5.32 Å². The Morgan fingerprint density at radius 2 is 2.00 bits per heavy atom. The normalized spacial score (nSPS) is 10.7. The first-order chi connectivity index (χ1) is 14.0. The summed E-state index contributed by atoms with van der Waals surface area (Å²) in [5.74, 6) is 0.505. The lowest BCUT2D eigenvalue weighted by atomic mass is 10.2. The van der Waals surface area contributed by atoms with E-state index in [0.29, 0.717) is 11.4 Å². The van der Waals surface area contributed by atoms with E-state index < -0.39 is 4.92 Å². The first kappa shape index (κ1) is 20.1. The molecule has 0 radical (unpaired) electrons. The Hall–Kier alpha value is -3.69. The Balaban J connectivity index is 1.47. The van der Waals surface area contributed by atoms with Crippen molar-refractivity contribution in [2.24, 2.45) is 0 Å². The monoisotopic (exact) mass is 398 g/mol. The summed E-state index contributed by atoms with van der Waals surface area (Å²) in [4.78, 5) is 22.5. The standard InChI is InChI=1S/C19H22N6O4/c1-3-15-4-6-17(7-5-15)29-13-23-12-16(10-20-23)22-19(26)8-9-24-14(2)18(11-21-24)25(27)28/h4-7,10-12H,3,8-9,13H2,1-2H3,(H,22,26). The molecular weight excluding hydrogens is 376 g/mol. The number of aryl methyl sites for hydroxylation is 2. The number of hydrogen-bond donors (Lipinski definition) is 1. The second-order valence-electron chi connectivity index (χ2n) is 6.43. The fraction of sp³-hybridized carbons (Fsp3) is 0.316. The third-order valence-corrected chi connectivity index (χ3v) is 4.44. The lowest BCUT2D eigenvalue weighted by Crippen LogP contribution is -2.15. The van der Waals surface area contributed by atoms with Gasteiger partial charge in [0.1, 0.15) is 17.6 Å². The Bertz CT molecular complexity index is 993. The van der Waals surface area contributed by atoms with Crippen molar-refractivity contribution < 1.29 is 14.5 Å². The van der Waals surface area contributed by atoms with Crippen LogP contribution in [0.3, 0.4) is 0 Å². The third-order valence-electron chi connectivity index (χ3n) is 4.44. The van der Waals surface area contributed by atoms with Gasteiger partial charge in [-0.2, -0.15) is 10.2 Å². The lowest BCUT2D eigenvalue weighted by Gasteiger charge is -2.07. The van der Waals surface area contributed by atoms with Crippen molar-refractivity contribution in [1.82, 2.24) is 19.6 Å². The van der Waals surface area contributed by atoms with E-state index in [9.17, 15) is 14.9 Å². The van der Waals surface area contributed by atoms with Crippen LogP contribution in [0.25, 0.3) is 0 Å². The molecule has 10 nitrogen and oxygen atoms in total. The first-order valence-electron chi connectivity index (χ1n) is 9.17. The Morgan fingerprint density at radius 3 is 2.66 bits per heavy atom. The zero-order chi connectivity index (χ0) is 20.8. The molecule has 3 aromatic rings. The van der Waals surface area contributed by atoms with Crippen LogP contribution in [0.15, 0.2) is 42.9 Å². The summed E-state index contributed by atoms with van der Waals surface area (Å²) < 4.78 is 8.69. The molecule has 1 amide bonds. The van der Waals surface area contributed by atoms with Gasteiger partial charge in [0.05, 0.1) is 29.5 Å². The zero-order valence-corrected chi connectivity index (χ0v) is 16.2. The first-order valence-corrected chi connectivity index (χ1v) is 9.17. The van der Waals surface area contributed by atoms with Crippen molar-refractivity contribution in [3.8, 4) is 5.75 Å². The van der Waals surface area contributed by atoms with E-state index in [2.05, 4.69) is 22.4 Å². The number of ether oxygens (including phenoxy) is 1. The van der Waals surface area contributed by atoms with Gasteiger partial charge in [-0.25, -0.2) is 4.68 Å². The number of aromatic nitrogens is 4. The van der Waals surface area contributed by atoms with Crippen molar-refractivity contribution in [3.63, 3.8) is 0 Å². The highest BCUT2D eigenvalue weighted by molar-refractivity contribution is 5.90. The number of amides is 1. The van der Waals surface area contributed by atoms with Crippen molar-refractivity contribution in [1.29, 1.82) is 0 Å². The molecule has 0 aliphatic heterocycles. The molecule has 152 valence electrons. The number of nitrogens with one attached hydrogen (secondary N) is 1. The minimum absolute atomic E-state index is 0.0592. The van der Waals surface area contributed by atoms with Gasteiger partial charge in [-0.3, -0.25) is 19.6 Å². The minimum atomic E-state index is -0.493. The van der Waals surface area contributed by atoms with E-state index >= 15 is 0 Å². The van der Waals surface area contributed by atoms with Crippen LogP contribution in [0.1, 0.15) is 24.6 Å². The van der Waals surface area contributed by atoms with E-state index in [-0.39, 0.29) is 31.3 Å². The van der Waals surface area contributed by atoms with Gasteiger partial charge in [0.2, 0.25) is 5.91 Å². The van der Waals surface area contributed by atoms with Crippen LogP contribution in [0.4, 0.5) is 11.4 Å². The van der Waals surface area contributed by atoms with Crippen LogP contribution in [0.2, 0.25) is 0 Å². The van der Waals surface area contributed by atoms with Crippen LogP contribution in [-0.4, -0.2) is 30.4 Å². The molecule has 1 N–H and O–H groups in total.